The van der Waals surface area contributed by atoms with Crippen LogP contribution < -0.4 is 13.9 Å². The molecule has 0 radical (unpaired) electrons. The number of halogens is 3. The number of hydrogen-bond donors (Lipinski definition) is 0. The zero-order valence-electron chi connectivity index (χ0n) is 16.9. The molecule has 0 spiro atoms. The topological polar surface area (TPSA) is 83.0 Å². The van der Waals surface area contributed by atoms with E-state index in [1.165, 1.54) is 12.3 Å². The smallest absolute Gasteiger partial charge is 0.310 e. The van der Waals surface area contributed by atoms with Gasteiger partial charge in [0.2, 0.25) is 6.41 Å². The third-order valence-electron chi connectivity index (χ3n) is 4.18. The van der Waals surface area contributed by atoms with Crippen LogP contribution in [-0.2, 0) is 15.0 Å². The lowest BCUT2D eigenvalue weighted by Gasteiger charge is -2.24. The first-order valence-electron chi connectivity index (χ1n) is 8.62. The first-order valence-corrected chi connectivity index (χ1v) is 10.4. The van der Waals surface area contributed by atoms with Gasteiger partial charge in [0.05, 0.1) is 16.9 Å². The van der Waals surface area contributed by atoms with Crippen LogP contribution in [0.2, 0.25) is 5.02 Å². The first kappa shape index (κ1) is 23.8. The Morgan fingerprint density at radius 2 is 1.77 bits per heavy atom. The quantitative estimate of drug-likeness (QED) is 0.559. The van der Waals surface area contributed by atoms with Crippen LogP contribution in [0.5, 0.6) is 11.5 Å². The minimum atomic E-state index is -4.36. The van der Waals surface area contributed by atoms with Gasteiger partial charge < -0.3 is 9.64 Å². The Hall–Kier alpha value is -2.50. The number of benzene rings is 1. The van der Waals surface area contributed by atoms with Crippen LogP contribution in [0, 0.1) is 11.6 Å². The zero-order chi connectivity index (χ0) is 22.8. The number of aromatic nitrogens is 1. The summed E-state index contributed by atoms with van der Waals surface area (Å²) in [7, 11) is -0.265. The van der Waals surface area contributed by atoms with Crippen LogP contribution >= 0.6 is 11.6 Å². The molecule has 2 aromatic rings. The van der Waals surface area contributed by atoms with Gasteiger partial charge in [-0.15, -0.1) is 0 Å². The molecule has 0 aliphatic rings. The summed E-state index contributed by atoms with van der Waals surface area (Å²) >= 11 is 6.20. The molecule has 1 aromatic carbocycles. The van der Waals surface area contributed by atoms with Gasteiger partial charge in [-0.2, -0.15) is 17.0 Å². The van der Waals surface area contributed by atoms with Gasteiger partial charge in [0.25, 0.3) is 0 Å². The summed E-state index contributed by atoms with van der Waals surface area (Å²) in [4.78, 5) is 17.2. The van der Waals surface area contributed by atoms with E-state index in [2.05, 4.69) is 4.98 Å². The van der Waals surface area contributed by atoms with Crippen molar-refractivity contribution in [3.8, 4) is 11.5 Å². The fourth-order valence-corrected chi connectivity index (χ4v) is 3.42. The summed E-state index contributed by atoms with van der Waals surface area (Å²) in [6, 6.07) is 2.70. The molecule has 0 aliphatic heterocycles. The number of ether oxygens (including phenoxy) is 1. The van der Waals surface area contributed by atoms with Crippen molar-refractivity contribution in [2.24, 2.45) is 0 Å². The average Bonchev–Trinajstić information content (AvgIpc) is 2.65. The molecular formula is C18H21ClF2N4O4S. The third-order valence-corrected chi connectivity index (χ3v) is 6.16. The lowest BCUT2D eigenvalue weighted by atomic mass is 10.2. The van der Waals surface area contributed by atoms with Gasteiger partial charge >= 0.3 is 10.2 Å². The molecular weight excluding hydrogens is 442 g/mol. The summed E-state index contributed by atoms with van der Waals surface area (Å²) in [5.41, 5.74) is -0.784. The molecule has 164 valence electrons. The van der Waals surface area contributed by atoms with Crippen molar-refractivity contribution in [2.75, 3.05) is 30.3 Å². The van der Waals surface area contributed by atoms with Gasteiger partial charge in [0.1, 0.15) is 11.6 Å². The Morgan fingerprint density at radius 3 is 2.27 bits per heavy atom. The van der Waals surface area contributed by atoms with Crippen molar-refractivity contribution in [3.05, 3.63) is 41.1 Å². The third kappa shape index (κ3) is 4.79. The van der Waals surface area contributed by atoms with Gasteiger partial charge in [0, 0.05) is 45.4 Å². The lowest BCUT2D eigenvalue weighted by molar-refractivity contribution is -0.106. The predicted molar refractivity (Wildman–Crippen MR) is 110 cm³/mol. The molecule has 1 aromatic heterocycles. The second-order valence-electron chi connectivity index (χ2n) is 6.71. The molecule has 0 saturated carbocycles. The highest BCUT2D eigenvalue weighted by atomic mass is 35.5. The maximum atomic E-state index is 14.5. The van der Waals surface area contributed by atoms with Crippen LogP contribution in [0.15, 0.2) is 24.4 Å². The van der Waals surface area contributed by atoms with Gasteiger partial charge in [-0.1, -0.05) is 11.6 Å². The SMILES string of the molecule is CC(C)N(C)c1ncc(Oc2cc(F)c(N(C=O)S(=O)(=O)N(C)C)cc2F)cc1Cl. The van der Waals surface area contributed by atoms with Crippen molar-refractivity contribution >= 4 is 39.7 Å². The van der Waals surface area contributed by atoms with E-state index in [-0.39, 0.29) is 27.5 Å². The molecule has 0 bridgehead atoms. The molecule has 1 amide bonds. The summed E-state index contributed by atoms with van der Waals surface area (Å²) in [6.45, 7) is 3.89. The Bertz CT molecular complexity index is 1050. The van der Waals surface area contributed by atoms with E-state index in [0.29, 0.717) is 22.3 Å². The molecule has 0 aliphatic carbocycles. The highest BCUT2D eigenvalue weighted by Crippen LogP contribution is 2.34. The Kier molecular flexibility index (Phi) is 7.22. The Labute approximate surface area is 178 Å². The molecule has 0 saturated heterocycles. The minimum absolute atomic E-state index is 0.0418. The Balaban J connectivity index is 2.39. The highest BCUT2D eigenvalue weighted by molar-refractivity contribution is 7.91. The van der Waals surface area contributed by atoms with Crippen molar-refractivity contribution in [1.29, 1.82) is 0 Å². The second-order valence-corrected chi connectivity index (χ2v) is 9.14. The summed E-state index contributed by atoms with van der Waals surface area (Å²) in [5.74, 6) is -2.28. The molecule has 2 rings (SSSR count). The largest absolute Gasteiger partial charge is 0.452 e. The maximum absolute atomic E-state index is 14.5. The number of amides is 1. The van der Waals surface area contributed by atoms with E-state index in [0.717, 1.165) is 14.1 Å². The number of carbonyl (C=O) groups excluding carboxylic acids is 1. The minimum Gasteiger partial charge on any atom is -0.452 e. The molecule has 1 heterocycles. The van der Waals surface area contributed by atoms with Crippen molar-refractivity contribution < 1.29 is 26.7 Å². The molecule has 0 atom stereocenters. The highest BCUT2D eigenvalue weighted by Gasteiger charge is 2.28. The maximum Gasteiger partial charge on any atom is 0.310 e. The van der Waals surface area contributed by atoms with Crippen molar-refractivity contribution in [3.63, 3.8) is 0 Å². The zero-order valence-corrected chi connectivity index (χ0v) is 18.5. The summed E-state index contributed by atoms with van der Waals surface area (Å²) in [5, 5.41) is 0.241. The van der Waals surface area contributed by atoms with Crippen LogP contribution in [-0.4, -0.2) is 51.3 Å². The summed E-state index contributed by atoms with van der Waals surface area (Å²) < 4.78 is 59.4. The fourth-order valence-electron chi connectivity index (χ4n) is 2.28. The van der Waals surface area contributed by atoms with E-state index in [1.54, 1.807) is 7.05 Å². The van der Waals surface area contributed by atoms with Crippen LogP contribution in [0.1, 0.15) is 13.8 Å². The molecule has 0 unspecified atom stereocenters. The van der Waals surface area contributed by atoms with Gasteiger partial charge in [-0.05, 0) is 13.8 Å². The van der Waals surface area contributed by atoms with E-state index in [9.17, 15) is 22.0 Å². The van der Waals surface area contributed by atoms with Crippen LogP contribution in [0.4, 0.5) is 20.3 Å². The molecule has 30 heavy (non-hydrogen) atoms. The molecule has 12 heteroatoms. The lowest BCUT2D eigenvalue weighted by Crippen LogP contribution is -2.39. The average molecular weight is 463 g/mol. The van der Waals surface area contributed by atoms with Gasteiger partial charge in [-0.3, -0.25) is 4.79 Å². The fraction of sp³-hybridized carbons (Fsp3) is 0.333. The second kappa shape index (κ2) is 9.11. The Morgan fingerprint density at radius 1 is 1.13 bits per heavy atom. The van der Waals surface area contributed by atoms with Crippen molar-refractivity contribution in [1.82, 2.24) is 9.29 Å². The molecule has 0 N–H and O–H groups in total. The first-order chi connectivity index (χ1) is 13.9. The van der Waals surface area contributed by atoms with E-state index < -0.39 is 33.3 Å². The van der Waals surface area contributed by atoms with E-state index in [4.69, 9.17) is 16.3 Å². The molecule has 0 fully saturated rings. The number of hydrogen-bond acceptors (Lipinski definition) is 6. The number of carbonyl (C=O) groups is 1. The van der Waals surface area contributed by atoms with Crippen LogP contribution in [0.3, 0.4) is 0 Å². The number of rotatable bonds is 8. The van der Waals surface area contributed by atoms with Crippen molar-refractivity contribution in [2.45, 2.75) is 19.9 Å². The van der Waals surface area contributed by atoms with Gasteiger partial charge in [-0.25, -0.2) is 13.8 Å². The number of nitrogens with zero attached hydrogens (tertiary/aromatic N) is 4. The van der Waals surface area contributed by atoms with Crippen LogP contribution in [0.25, 0.3) is 0 Å². The summed E-state index contributed by atoms with van der Waals surface area (Å²) in [6.07, 6.45) is 1.17. The molecule has 8 nitrogen and oxygen atoms in total. The standard InChI is InChI=1S/C18H21ClF2N4O4S/c1-11(2)24(5)18-13(19)6-12(9-22-18)29-17-8-14(20)16(7-15(17)21)25(10-26)30(27,28)23(3)4/h6-11H,1-5H3. The number of anilines is 2. The normalized spacial score (nSPS) is 11.7. The predicted octanol–water partition coefficient (Wildman–Crippen LogP) is 3.42. The van der Waals surface area contributed by atoms with Gasteiger partial charge in [0.15, 0.2) is 17.4 Å². The monoisotopic (exact) mass is 462 g/mol. The van der Waals surface area contributed by atoms with E-state index in [1.807, 2.05) is 18.7 Å². The number of pyridine rings is 1. The van der Waals surface area contributed by atoms with E-state index >= 15 is 0 Å².